The second kappa shape index (κ2) is 5.95. The molecule has 0 amide bonds. The molecule has 1 aromatic carbocycles. The van der Waals surface area contributed by atoms with Gasteiger partial charge in [0.05, 0.1) is 24.4 Å². The molecule has 0 atom stereocenters. The summed E-state index contributed by atoms with van der Waals surface area (Å²) in [6, 6.07) is 8.07. The van der Waals surface area contributed by atoms with Crippen LogP contribution in [0, 0.1) is 0 Å². The van der Waals surface area contributed by atoms with E-state index >= 15 is 0 Å². The molecule has 2 N–H and O–H groups in total. The quantitative estimate of drug-likeness (QED) is 0.776. The second-order valence-corrected chi connectivity index (χ2v) is 4.31. The average molecular weight is 249 g/mol. The van der Waals surface area contributed by atoms with Crippen molar-refractivity contribution in [2.45, 2.75) is 6.54 Å². The van der Waals surface area contributed by atoms with E-state index in [4.69, 9.17) is 10.2 Å². The van der Waals surface area contributed by atoms with E-state index in [0.29, 0.717) is 19.6 Å². The van der Waals surface area contributed by atoms with Gasteiger partial charge in [0.1, 0.15) is 0 Å². The highest BCUT2D eigenvalue weighted by Gasteiger charge is 2.11. The predicted molar refractivity (Wildman–Crippen MR) is 70.2 cm³/mol. The van der Waals surface area contributed by atoms with E-state index in [2.05, 4.69) is 5.10 Å². The largest absolute Gasteiger partial charge is 0.395 e. The molecule has 2 aromatic rings. The highest BCUT2D eigenvalue weighted by Crippen LogP contribution is 2.18. The van der Waals surface area contributed by atoms with Crippen LogP contribution in [0.15, 0.2) is 24.3 Å². The highest BCUT2D eigenvalue weighted by atomic mass is 16.3. The standard InChI is InChI=1S/C13H19N3O2/c1-15-13-5-3-2-4-11(13)12(14-15)10-16(6-8-17)7-9-18/h2-5,17-18H,6-10H2,1H3. The first-order valence-electron chi connectivity index (χ1n) is 6.11. The first-order chi connectivity index (χ1) is 8.76. The molecular formula is C13H19N3O2. The summed E-state index contributed by atoms with van der Waals surface area (Å²) in [5.74, 6) is 0. The number of aliphatic hydroxyl groups is 2. The Morgan fingerprint density at radius 1 is 1.17 bits per heavy atom. The zero-order chi connectivity index (χ0) is 13.0. The van der Waals surface area contributed by atoms with Crippen LogP contribution in [0.5, 0.6) is 0 Å². The van der Waals surface area contributed by atoms with Crippen molar-refractivity contribution in [3.8, 4) is 0 Å². The topological polar surface area (TPSA) is 61.5 Å². The molecule has 0 bridgehead atoms. The van der Waals surface area contributed by atoms with Gasteiger partial charge in [0, 0.05) is 32.1 Å². The van der Waals surface area contributed by atoms with Crippen LogP contribution < -0.4 is 0 Å². The van der Waals surface area contributed by atoms with E-state index in [1.165, 1.54) is 0 Å². The van der Waals surface area contributed by atoms with Crippen LogP contribution in [0.25, 0.3) is 10.9 Å². The van der Waals surface area contributed by atoms with Crippen molar-refractivity contribution in [2.24, 2.45) is 7.05 Å². The first kappa shape index (κ1) is 13.0. The highest BCUT2D eigenvalue weighted by molar-refractivity contribution is 5.81. The molecule has 0 radical (unpaired) electrons. The molecule has 1 heterocycles. The minimum atomic E-state index is 0.0881. The van der Waals surface area contributed by atoms with E-state index in [-0.39, 0.29) is 13.2 Å². The van der Waals surface area contributed by atoms with E-state index in [1.807, 2.05) is 40.9 Å². The number of hydrogen-bond donors (Lipinski definition) is 2. The lowest BCUT2D eigenvalue weighted by molar-refractivity contribution is 0.155. The molecule has 0 saturated carbocycles. The summed E-state index contributed by atoms with van der Waals surface area (Å²) >= 11 is 0. The summed E-state index contributed by atoms with van der Waals surface area (Å²) < 4.78 is 1.86. The minimum absolute atomic E-state index is 0.0881. The Kier molecular flexibility index (Phi) is 4.30. The smallest absolute Gasteiger partial charge is 0.0843 e. The van der Waals surface area contributed by atoms with E-state index in [9.17, 15) is 0 Å². The van der Waals surface area contributed by atoms with Gasteiger partial charge in [-0.25, -0.2) is 0 Å². The number of rotatable bonds is 6. The molecule has 5 nitrogen and oxygen atoms in total. The van der Waals surface area contributed by atoms with Crippen molar-refractivity contribution in [2.75, 3.05) is 26.3 Å². The summed E-state index contributed by atoms with van der Waals surface area (Å²) in [6.07, 6.45) is 0. The van der Waals surface area contributed by atoms with Crippen LogP contribution >= 0.6 is 0 Å². The lowest BCUT2D eigenvalue weighted by Gasteiger charge is -2.18. The van der Waals surface area contributed by atoms with Gasteiger partial charge >= 0.3 is 0 Å². The van der Waals surface area contributed by atoms with Gasteiger partial charge in [-0.2, -0.15) is 5.10 Å². The number of aliphatic hydroxyl groups excluding tert-OH is 2. The zero-order valence-electron chi connectivity index (χ0n) is 10.6. The Balaban J connectivity index is 2.24. The van der Waals surface area contributed by atoms with Crippen LogP contribution in [-0.4, -0.2) is 51.2 Å². The molecule has 0 saturated heterocycles. The summed E-state index contributed by atoms with van der Waals surface area (Å²) in [7, 11) is 1.92. The molecule has 0 unspecified atom stereocenters. The summed E-state index contributed by atoms with van der Waals surface area (Å²) in [5.41, 5.74) is 2.08. The fraction of sp³-hybridized carbons (Fsp3) is 0.462. The van der Waals surface area contributed by atoms with Gasteiger partial charge in [0.2, 0.25) is 0 Å². The van der Waals surface area contributed by atoms with Gasteiger partial charge in [0.25, 0.3) is 0 Å². The summed E-state index contributed by atoms with van der Waals surface area (Å²) in [4.78, 5) is 1.99. The van der Waals surface area contributed by atoms with Crippen LogP contribution in [0.2, 0.25) is 0 Å². The number of hydrogen-bond acceptors (Lipinski definition) is 4. The monoisotopic (exact) mass is 249 g/mol. The Labute approximate surface area is 106 Å². The number of fused-ring (bicyclic) bond motifs is 1. The molecule has 0 aliphatic carbocycles. The third kappa shape index (κ3) is 2.69. The van der Waals surface area contributed by atoms with Crippen molar-refractivity contribution in [1.82, 2.24) is 14.7 Å². The molecule has 0 aliphatic rings. The normalized spacial score (nSPS) is 11.6. The molecule has 1 aromatic heterocycles. The van der Waals surface area contributed by atoms with Crippen LogP contribution in [-0.2, 0) is 13.6 Å². The number of para-hydroxylation sites is 1. The van der Waals surface area contributed by atoms with Crippen molar-refractivity contribution in [3.05, 3.63) is 30.0 Å². The van der Waals surface area contributed by atoms with Gasteiger partial charge in [-0.1, -0.05) is 18.2 Å². The van der Waals surface area contributed by atoms with Crippen molar-refractivity contribution < 1.29 is 10.2 Å². The molecular weight excluding hydrogens is 230 g/mol. The van der Waals surface area contributed by atoms with Gasteiger partial charge in [-0.05, 0) is 6.07 Å². The average Bonchev–Trinajstić information content (AvgIpc) is 2.68. The van der Waals surface area contributed by atoms with Crippen molar-refractivity contribution in [3.63, 3.8) is 0 Å². The summed E-state index contributed by atoms with van der Waals surface area (Å²) in [5, 5.41) is 23.7. The maximum absolute atomic E-state index is 9.01. The lowest BCUT2D eigenvalue weighted by Crippen LogP contribution is -2.29. The molecule has 0 aliphatic heterocycles. The minimum Gasteiger partial charge on any atom is -0.395 e. The fourth-order valence-electron chi connectivity index (χ4n) is 2.17. The fourth-order valence-corrected chi connectivity index (χ4v) is 2.17. The molecule has 18 heavy (non-hydrogen) atoms. The third-order valence-corrected chi connectivity index (χ3v) is 3.04. The predicted octanol–water partition coefficient (Wildman–Crippen LogP) is 0.360. The Morgan fingerprint density at radius 2 is 1.83 bits per heavy atom. The maximum atomic E-state index is 9.01. The number of aromatic nitrogens is 2. The number of aryl methyl sites for hydroxylation is 1. The Morgan fingerprint density at radius 3 is 2.50 bits per heavy atom. The van der Waals surface area contributed by atoms with E-state index in [1.54, 1.807) is 0 Å². The molecule has 0 fully saturated rings. The number of benzene rings is 1. The lowest BCUT2D eigenvalue weighted by atomic mass is 10.2. The van der Waals surface area contributed by atoms with Crippen molar-refractivity contribution in [1.29, 1.82) is 0 Å². The van der Waals surface area contributed by atoms with Gasteiger partial charge in [-0.3, -0.25) is 9.58 Å². The Bertz CT molecular complexity index is 504. The van der Waals surface area contributed by atoms with E-state index < -0.39 is 0 Å². The van der Waals surface area contributed by atoms with Crippen LogP contribution in [0.1, 0.15) is 5.69 Å². The number of nitrogens with zero attached hydrogens (tertiary/aromatic N) is 3. The maximum Gasteiger partial charge on any atom is 0.0843 e. The van der Waals surface area contributed by atoms with Crippen LogP contribution in [0.4, 0.5) is 0 Å². The zero-order valence-corrected chi connectivity index (χ0v) is 10.6. The Hall–Kier alpha value is -1.43. The van der Waals surface area contributed by atoms with Crippen LogP contribution in [0.3, 0.4) is 0 Å². The molecule has 0 spiro atoms. The van der Waals surface area contributed by atoms with Gasteiger partial charge < -0.3 is 10.2 Å². The third-order valence-electron chi connectivity index (χ3n) is 3.04. The summed E-state index contributed by atoms with van der Waals surface area (Å²) in [6.45, 7) is 1.91. The van der Waals surface area contributed by atoms with E-state index in [0.717, 1.165) is 16.6 Å². The molecule has 2 rings (SSSR count). The SMILES string of the molecule is Cn1nc(CN(CCO)CCO)c2ccccc21. The van der Waals surface area contributed by atoms with Gasteiger partial charge in [-0.15, -0.1) is 0 Å². The second-order valence-electron chi connectivity index (χ2n) is 4.31. The van der Waals surface area contributed by atoms with Gasteiger partial charge in [0.15, 0.2) is 0 Å². The first-order valence-corrected chi connectivity index (χ1v) is 6.11. The van der Waals surface area contributed by atoms with Crippen molar-refractivity contribution >= 4 is 10.9 Å². The molecule has 5 heteroatoms. The molecule has 98 valence electrons.